The van der Waals surface area contributed by atoms with Crippen molar-refractivity contribution in [2.24, 2.45) is 0 Å². The van der Waals surface area contributed by atoms with E-state index in [2.05, 4.69) is 25.6 Å². The lowest BCUT2D eigenvalue weighted by atomic mass is 10.2. The van der Waals surface area contributed by atoms with Crippen LogP contribution in [-0.4, -0.2) is 20.9 Å². The van der Waals surface area contributed by atoms with Crippen LogP contribution in [-0.2, 0) is 6.54 Å². The summed E-state index contributed by atoms with van der Waals surface area (Å²) < 4.78 is 0. The molecule has 6 nitrogen and oxygen atoms in total. The number of para-hydroxylation sites is 1. The third-order valence-electron chi connectivity index (χ3n) is 3.49. The van der Waals surface area contributed by atoms with Crippen LogP contribution in [0.25, 0.3) is 0 Å². The van der Waals surface area contributed by atoms with E-state index in [9.17, 15) is 4.79 Å². The molecule has 0 unspecified atom stereocenters. The molecule has 26 heavy (non-hydrogen) atoms. The van der Waals surface area contributed by atoms with Crippen LogP contribution in [0.2, 0.25) is 10.0 Å². The summed E-state index contributed by atoms with van der Waals surface area (Å²) >= 11 is 12.3. The summed E-state index contributed by atoms with van der Waals surface area (Å²) in [5.74, 6) is -0.0605. The lowest BCUT2D eigenvalue weighted by Crippen LogP contribution is -2.24. The van der Waals surface area contributed by atoms with Crippen LogP contribution in [0.15, 0.2) is 48.8 Å². The van der Waals surface area contributed by atoms with Crippen molar-refractivity contribution in [2.75, 3.05) is 5.32 Å². The van der Waals surface area contributed by atoms with Gasteiger partial charge in [-0.15, -0.1) is 0 Å². The molecular formula is C18H15Cl2N5O. The first kappa shape index (κ1) is 18.1. The van der Waals surface area contributed by atoms with Gasteiger partial charge >= 0.3 is 0 Å². The van der Waals surface area contributed by atoms with Crippen molar-refractivity contribution >= 4 is 40.7 Å². The van der Waals surface area contributed by atoms with Crippen LogP contribution in [0, 0.1) is 6.92 Å². The Labute approximate surface area is 160 Å². The van der Waals surface area contributed by atoms with Crippen LogP contribution in [0.5, 0.6) is 0 Å². The summed E-state index contributed by atoms with van der Waals surface area (Å²) in [5.41, 5.74) is 2.32. The highest BCUT2D eigenvalue weighted by Crippen LogP contribution is 2.31. The van der Waals surface area contributed by atoms with E-state index in [0.717, 1.165) is 5.56 Å². The highest BCUT2D eigenvalue weighted by atomic mass is 35.5. The summed E-state index contributed by atoms with van der Waals surface area (Å²) in [6, 6.07) is 10.4. The van der Waals surface area contributed by atoms with Crippen molar-refractivity contribution in [3.8, 4) is 0 Å². The molecule has 2 heterocycles. The average Bonchev–Trinajstić information content (AvgIpc) is 2.63. The quantitative estimate of drug-likeness (QED) is 0.686. The monoisotopic (exact) mass is 387 g/mol. The maximum Gasteiger partial charge on any atom is 0.270 e. The van der Waals surface area contributed by atoms with E-state index in [-0.39, 0.29) is 17.5 Å². The van der Waals surface area contributed by atoms with Gasteiger partial charge in [0.25, 0.3) is 5.91 Å². The Balaban J connectivity index is 1.78. The number of anilines is 2. The van der Waals surface area contributed by atoms with Gasteiger partial charge in [-0.1, -0.05) is 29.3 Å². The van der Waals surface area contributed by atoms with Crippen LogP contribution in [0.1, 0.15) is 21.7 Å². The topological polar surface area (TPSA) is 79.8 Å². The molecule has 0 aliphatic rings. The third kappa shape index (κ3) is 4.47. The van der Waals surface area contributed by atoms with Gasteiger partial charge in [0.15, 0.2) is 0 Å². The van der Waals surface area contributed by atoms with Gasteiger partial charge in [0.05, 0.1) is 15.7 Å². The Bertz CT molecular complexity index is 914. The largest absolute Gasteiger partial charge is 0.347 e. The lowest BCUT2D eigenvalue weighted by molar-refractivity contribution is 0.0945. The molecule has 0 aliphatic carbocycles. The van der Waals surface area contributed by atoms with Crippen LogP contribution >= 0.6 is 23.2 Å². The summed E-state index contributed by atoms with van der Waals surface area (Å²) in [5, 5.41) is 6.67. The maximum absolute atomic E-state index is 12.4. The number of carbonyl (C=O) groups excluding carboxylic acids is 1. The second-order valence-electron chi connectivity index (χ2n) is 5.48. The van der Waals surface area contributed by atoms with Gasteiger partial charge < -0.3 is 10.6 Å². The zero-order chi connectivity index (χ0) is 18.5. The molecule has 0 radical (unpaired) electrons. The number of hydrogen-bond acceptors (Lipinski definition) is 5. The van der Waals surface area contributed by atoms with Crippen molar-refractivity contribution in [1.29, 1.82) is 0 Å². The van der Waals surface area contributed by atoms with E-state index in [1.807, 2.05) is 12.1 Å². The Hall–Kier alpha value is -2.70. The smallest absolute Gasteiger partial charge is 0.270 e. The van der Waals surface area contributed by atoms with E-state index in [1.165, 1.54) is 0 Å². The molecule has 8 heteroatoms. The van der Waals surface area contributed by atoms with Gasteiger partial charge in [-0.25, -0.2) is 9.97 Å². The van der Waals surface area contributed by atoms with Gasteiger partial charge in [0.1, 0.15) is 5.69 Å². The van der Waals surface area contributed by atoms with E-state index >= 15 is 0 Å². The molecule has 0 spiro atoms. The van der Waals surface area contributed by atoms with Crippen molar-refractivity contribution in [3.63, 3.8) is 0 Å². The normalized spacial score (nSPS) is 10.4. The Kier molecular flexibility index (Phi) is 5.65. The van der Waals surface area contributed by atoms with Gasteiger partial charge in [-0.05, 0) is 42.8 Å². The fraction of sp³-hybridized carbons (Fsp3) is 0.111. The number of carbonyl (C=O) groups is 1. The predicted molar refractivity (Wildman–Crippen MR) is 102 cm³/mol. The highest BCUT2D eigenvalue weighted by Gasteiger charge is 2.13. The number of nitrogens with zero attached hydrogens (tertiary/aromatic N) is 3. The zero-order valence-electron chi connectivity index (χ0n) is 13.8. The predicted octanol–water partition coefficient (Wildman–Crippen LogP) is 4.16. The Morgan fingerprint density at radius 1 is 1.08 bits per heavy atom. The lowest BCUT2D eigenvalue weighted by Gasteiger charge is -2.11. The first-order valence-corrected chi connectivity index (χ1v) is 8.52. The number of aromatic nitrogens is 3. The third-order valence-corrected chi connectivity index (χ3v) is 4.12. The molecule has 3 rings (SSSR count). The molecule has 1 aromatic carbocycles. The van der Waals surface area contributed by atoms with E-state index in [1.54, 1.807) is 43.6 Å². The van der Waals surface area contributed by atoms with Crippen molar-refractivity contribution in [1.82, 2.24) is 20.3 Å². The Morgan fingerprint density at radius 3 is 2.46 bits per heavy atom. The molecule has 132 valence electrons. The van der Waals surface area contributed by atoms with Gasteiger partial charge in [-0.2, -0.15) is 0 Å². The number of rotatable bonds is 5. The van der Waals surface area contributed by atoms with E-state index in [0.29, 0.717) is 28.0 Å². The molecule has 0 bridgehead atoms. The maximum atomic E-state index is 12.4. The Morgan fingerprint density at radius 2 is 1.77 bits per heavy atom. The van der Waals surface area contributed by atoms with E-state index < -0.39 is 0 Å². The minimum atomic E-state index is -0.305. The summed E-state index contributed by atoms with van der Waals surface area (Å²) in [6.07, 6.45) is 3.34. The number of pyridine rings is 1. The SMILES string of the molecule is Cc1cc(C(=O)NCc2ccncc2)nc(Nc2c(Cl)cccc2Cl)n1. The molecule has 0 saturated carbocycles. The zero-order valence-corrected chi connectivity index (χ0v) is 15.3. The first-order chi connectivity index (χ1) is 12.5. The number of benzene rings is 1. The van der Waals surface area contributed by atoms with Crippen molar-refractivity contribution in [2.45, 2.75) is 13.5 Å². The standard InChI is InChI=1S/C18H15Cl2N5O/c1-11-9-15(17(26)22-10-12-5-7-21-8-6-12)24-18(23-11)25-16-13(19)3-2-4-14(16)20/h2-9H,10H2,1H3,(H,22,26)(H,23,24,25). The van der Waals surface area contributed by atoms with Crippen molar-refractivity contribution in [3.05, 3.63) is 75.8 Å². The fourth-order valence-electron chi connectivity index (χ4n) is 2.24. The van der Waals surface area contributed by atoms with Gasteiger partial charge in [-0.3, -0.25) is 9.78 Å². The van der Waals surface area contributed by atoms with Crippen LogP contribution < -0.4 is 10.6 Å². The average molecular weight is 388 g/mol. The highest BCUT2D eigenvalue weighted by molar-refractivity contribution is 6.39. The van der Waals surface area contributed by atoms with Crippen LogP contribution in [0.3, 0.4) is 0 Å². The number of amides is 1. The van der Waals surface area contributed by atoms with E-state index in [4.69, 9.17) is 23.2 Å². The molecule has 0 atom stereocenters. The summed E-state index contributed by atoms with van der Waals surface area (Å²) in [7, 11) is 0. The molecular weight excluding hydrogens is 373 g/mol. The molecule has 0 fully saturated rings. The summed E-state index contributed by atoms with van der Waals surface area (Å²) in [4.78, 5) is 24.9. The molecule has 1 amide bonds. The van der Waals surface area contributed by atoms with Crippen molar-refractivity contribution < 1.29 is 4.79 Å². The first-order valence-electron chi connectivity index (χ1n) is 7.77. The number of hydrogen-bond donors (Lipinski definition) is 2. The number of nitrogens with one attached hydrogen (secondary N) is 2. The number of halogens is 2. The molecule has 2 aromatic heterocycles. The van der Waals surface area contributed by atoms with Crippen LogP contribution in [0.4, 0.5) is 11.6 Å². The summed E-state index contributed by atoms with van der Waals surface area (Å²) in [6.45, 7) is 2.16. The molecule has 0 aliphatic heterocycles. The fourth-order valence-corrected chi connectivity index (χ4v) is 2.74. The van der Waals surface area contributed by atoms with Gasteiger partial charge in [0, 0.05) is 24.6 Å². The molecule has 2 N–H and O–H groups in total. The second-order valence-corrected chi connectivity index (χ2v) is 6.29. The second kappa shape index (κ2) is 8.12. The number of aryl methyl sites for hydroxylation is 1. The van der Waals surface area contributed by atoms with Gasteiger partial charge in [0.2, 0.25) is 5.95 Å². The minimum Gasteiger partial charge on any atom is -0.347 e. The molecule has 0 saturated heterocycles. The minimum absolute atomic E-state index is 0.245. The molecule has 3 aromatic rings.